The van der Waals surface area contributed by atoms with Crippen LogP contribution in [0.2, 0.25) is 0 Å². The van der Waals surface area contributed by atoms with E-state index in [0.717, 1.165) is 11.4 Å². The van der Waals surface area contributed by atoms with Gasteiger partial charge in [-0.25, -0.2) is 4.79 Å². The number of hydrogen-bond acceptors (Lipinski definition) is 4. The van der Waals surface area contributed by atoms with Crippen LogP contribution in [0.3, 0.4) is 0 Å². The Kier molecular flexibility index (Phi) is 3.97. The van der Waals surface area contributed by atoms with Crippen molar-refractivity contribution >= 4 is 17.3 Å². The molecule has 0 fully saturated rings. The second kappa shape index (κ2) is 5.86. The Morgan fingerprint density at radius 3 is 3.00 bits per heavy atom. The molecule has 5 heteroatoms. The SMILES string of the molecule is CCOc1cccc(Nc2ccncc2C(=O)O)c1. The summed E-state index contributed by atoms with van der Waals surface area (Å²) in [4.78, 5) is 14.9. The number of ether oxygens (including phenoxy) is 1. The third kappa shape index (κ3) is 3.22. The Morgan fingerprint density at radius 2 is 2.26 bits per heavy atom. The van der Waals surface area contributed by atoms with Crippen molar-refractivity contribution < 1.29 is 14.6 Å². The molecule has 5 nitrogen and oxygen atoms in total. The van der Waals surface area contributed by atoms with Crippen molar-refractivity contribution in [1.29, 1.82) is 0 Å². The third-order valence-corrected chi connectivity index (χ3v) is 2.48. The quantitative estimate of drug-likeness (QED) is 0.862. The molecule has 0 spiro atoms. The maximum absolute atomic E-state index is 11.1. The summed E-state index contributed by atoms with van der Waals surface area (Å²) in [6, 6.07) is 8.97. The van der Waals surface area contributed by atoms with Crippen LogP contribution in [0.15, 0.2) is 42.7 Å². The second-order valence-electron chi connectivity index (χ2n) is 3.81. The molecule has 2 N–H and O–H groups in total. The minimum absolute atomic E-state index is 0.129. The zero-order valence-electron chi connectivity index (χ0n) is 10.5. The van der Waals surface area contributed by atoms with Gasteiger partial charge in [0.15, 0.2) is 0 Å². The zero-order chi connectivity index (χ0) is 13.7. The molecule has 0 saturated carbocycles. The molecule has 1 aromatic carbocycles. The summed E-state index contributed by atoms with van der Waals surface area (Å²) < 4.78 is 5.39. The number of hydrogen-bond donors (Lipinski definition) is 2. The van der Waals surface area contributed by atoms with Crippen molar-refractivity contribution in [3.8, 4) is 5.75 Å². The van der Waals surface area contributed by atoms with Crippen molar-refractivity contribution in [2.24, 2.45) is 0 Å². The minimum atomic E-state index is -1.02. The normalized spacial score (nSPS) is 9.95. The van der Waals surface area contributed by atoms with E-state index in [9.17, 15) is 4.79 Å². The van der Waals surface area contributed by atoms with E-state index >= 15 is 0 Å². The van der Waals surface area contributed by atoms with E-state index in [-0.39, 0.29) is 5.56 Å². The van der Waals surface area contributed by atoms with E-state index < -0.39 is 5.97 Å². The molecule has 0 amide bonds. The highest BCUT2D eigenvalue weighted by atomic mass is 16.5. The van der Waals surface area contributed by atoms with Gasteiger partial charge in [-0.3, -0.25) is 4.98 Å². The lowest BCUT2D eigenvalue weighted by Gasteiger charge is -2.10. The van der Waals surface area contributed by atoms with Crippen LogP contribution in [0.25, 0.3) is 0 Å². The fourth-order valence-electron chi connectivity index (χ4n) is 1.66. The van der Waals surface area contributed by atoms with Crippen molar-refractivity contribution in [2.45, 2.75) is 6.92 Å². The van der Waals surface area contributed by atoms with Crippen molar-refractivity contribution in [3.63, 3.8) is 0 Å². The Morgan fingerprint density at radius 1 is 1.42 bits per heavy atom. The van der Waals surface area contributed by atoms with Crippen LogP contribution >= 0.6 is 0 Å². The molecule has 0 atom stereocenters. The molecule has 1 aromatic heterocycles. The van der Waals surface area contributed by atoms with Gasteiger partial charge >= 0.3 is 5.97 Å². The number of benzene rings is 1. The lowest BCUT2D eigenvalue weighted by molar-refractivity contribution is 0.0697. The lowest BCUT2D eigenvalue weighted by Crippen LogP contribution is -2.03. The van der Waals surface area contributed by atoms with E-state index in [2.05, 4.69) is 10.3 Å². The van der Waals surface area contributed by atoms with E-state index in [1.165, 1.54) is 6.20 Å². The van der Waals surface area contributed by atoms with Gasteiger partial charge in [0.1, 0.15) is 11.3 Å². The predicted octanol–water partition coefficient (Wildman–Crippen LogP) is 2.92. The number of nitrogens with one attached hydrogen (secondary N) is 1. The minimum Gasteiger partial charge on any atom is -0.494 e. The van der Waals surface area contributed by atoms with Gasteiger partial charge in [-0.1, -0.05) is 6.07 Å². The molecule has 0 bridgehead atoms. The summed E-state index contributed by atoms with van der Waals surface area (Å²) in [5.41, 5.74) is 1.39. The second-order valence-corrected chi connectivity index (χ2v) is 3.81. The Bertz CT molecular complexity index is 584. The van der Waals surface area contributed by atoms with Crippen LogP contribution in [0.5, 0.6) is 5.75 Å². The number of anilines is 2. The van der Waals surface area contributed by atoms with E-state index in [4.69, 9.17) is 9.84 Å². The molecular weight excluding hydrogens is 244 g/mol. The predicted molar refractivity (Wildman–Crippen MR) is 72.1 cm³/mol. The summed E-state index contributed by atoms with van der Waals surface area (Å²) in [6.07, 6.45) is 2.86. The molecule has 0 aliphatic heterocycles. The van der Waals surface area contributed by atoms with Gasteiger partial charge in [0, 0.05) is 24.1 Å². The maximum atomic E-state index is 11.1. The molecule has 2 rings (SSSR count). The van der Waals surface area contributed by atoms with Crippen LogP contribution in [0, 0.1) is 0 Å². The van der Waals surface area contributed by atoms with Crippen LogP contribution in [-0.2, 0) is 0 Å². The number of pyridine rings is 1. The van der Waals surface area contributed by atoms with Crippen LogP contribution < -0.4 is 10.1 Å². The average molecular weight is 258 g/mol. The highest BCUT2D eigenvalue weighted by Gasteiger charge is 2.09. The first kappa shape index (κ1) is 12.9. The first-order chi connectivity index (χ1) is 9.20. The van der Waals surface area contributed by atoms with Gasteiger partial charge < -0.3 is 15.2 Å². The van der Waals surface area contributed by atoms with Gasteiger partial charge in [0.25, 0.3) is 0 Å². The van der Waals surface area contributed by atoms with Crippen LogP contribution in [-0.4, -0.2) is 22.7 Å². The topological polar surface area (TPSA) is 71.5 Å². The Balaban J connectivity index is 2.26. The molecule has 0 unspecified atom stereocenters. The fraction of sp³-hybridized carbons (Fsp3) is 0.143. The summed E-state index contributed by atoms with van der Waals surface area (Å²) in [6.45, 7) is 2.49. The van der Waals surface area contributed by atoms with Crippen molar-refractivity contribution in [3.05, 3.63) is 48.3 Å². The molecule has 98 valence electrons. The Labute approximate surface area is 110 Å². The van der Waals surface area contributed by atoms with Gasteiger partial charge in [-0.2, -0.15) is 0 Å². The molecular formula is C14H14N2O3. The van der Waals surface area contributed by atoms with Crippen molar-refractivity contribution in [2.75, 3.05) is 11.9 Å². The average Bonchev–Trinajstić information content (AvgIpc) is 2.40. The molecule has 1 heterocycles. The number of aromatic carboxylic acids is 1. The molecule has 0 aliphatic carbocycles. The van der Waals surface area contributed by atoms with Crippen LogP contribution in [0.4, 0.5) is 11.4 Å². The summed E-state index contributed by atoms with van der Waals surface area (Å²) >= 11 is 0. The largest absolute Gasteiger partial charge is 0.494 e. The first-order valence-electron chi connectivity index (χ1n) is 5.88. The lowest BCUT2D eigenvalue weighted by atomic mass is 10.2. The van der Waals surface area contributed by atoms with Gasteiger partial charge in [0.2, 0.25) is 0 Å². The maximum Gasteiger partial charge on any atom is 0.339 e. The fourth-order valence-corrected chi connectivity index (χ4v) is 1.66. The van der Waals surface area contributed by atoms with Gasteiger partial charge in [0.05, 0.1) is 12.3 Å². The van der Waals surface area contributed by atoms with Gasteiger partial charge in [-0.15, -0.1) is 0 Å². The molecule has 19 heavy (non-hydrogen) atoms. The zero-order valence-corrected chi connectivity index (χ0v) is 10.5. The Hall–Kier alpha value is -2.56. The number of carbonyl (C=O) groups is 1. The van der Waals surface area contributed by atoms with E-state index in [0.29, 0.717) is 12.3 Å². The number of carboxylic acid groups (broad SMARTS) is 1. The highest BCUT2D eigenvalue weighted by molar-refractivity contribution is 5.94. The van der Waals surface area contributed by atoms with Crippen LogP contribution in [0.1, 0.15) is 17.3 Å². The van der Waals surface area contributed by atoms with Gasteiger partial charge in [-0.05, 0) is 25.1 Å². The standard InChI is InChI=1S/C14H14N2O3/c1-2-19-11-5-3-4-10(8-11)16-13-6-7-15-9-12(13)14(17)18/h3-9H,2H2,1H3,(H,15,16)(H,17,18). The molecule has 0 radical (unpaired) electrons. The highest BCUT2D eigenvalue weighted by Crippen LogP contribution is 2.23. The number of aromatic nitrogens is 1. The van der Waals surface area contributed by atoms with E-state index in [1.807, 2.05) is 31.2 Å². The summed E-state index contributed by atoms with van der Waals surface area (Å²) in [5.74, 6) is -0.282. The molecule has 2 aromatic rings. The van der Waals surface area contributed by atoms with E-state index in [1.54, 1.807) is 12.3 Å². The van der Waals surface area contributed by atoms with Crippen molar-refractivity contribution in [1.82, 2.24) is 4.98 Å². The monoisotopic (exact) mass is 258 g/mol. The summed E-state index contributed by atoms with van der Waals surface area (Å²) in [7, 11) is 0. The number of rotatable bonds is 5. The molecule has 0 saturated heterocycles. The summed E-state index contributed by atoms with van der Waals surface area (Å²) in [5, 5.41) is 12.1. The smallest absolute Gasteiger partial charge is 0.339 e. The number of carboxylic acids is 1. The molecule has 0 aliphatic rings. The third-order valence-electron chi connectivity index (χ3n) is 2.48. The first-order valence-corrected chi connectivity index (χ1v) is 5.88. The number of nitrogens with zero attached hydrogens (tertiary/aromatic N) is 1.